The fraction of sp³-hybridized carbons (Fsp3) is 0.167. The van der Waals surface area contributed by atoms with Crippen molar-refractivity contribution in [2.24, 2.45) is 0 Å². The molecule has 2 N–H and O–H groups in total. The zero-order valence-corrected chi connectivity index (χ0v) is 11.2. The van der Waals surface area contributed by atoms with Gasteiger partial charge in [-0.15, -0.1) is 0 Å². The van der Waals surface area contributed by atoms with Gasteiger partial charge in [0.1, 0.15) is 6.07 Å². The van der Waals surface area contributed by atoms with E-state index < -0.39 is 0 Å². The summed E-state index contributed by atoms with van der Waals surface area (Å²) in [5.74, 6) is 0.639. The Morgan fingerprint density at radius 3 is 2.63 bits per heavy atom. The third-order valence-electron chi connectivity index (χ3n) is 2.46. The molecule has 0 spiro atoms. The average molecular weight is 275 g/mol. The van der Waals surface area contributed by atoms with Crippen molar-refractivity contribution in [3.05, 3.63) is 34.6 Å². The summed E-state index contributed by atoms with van der Waals surface area (Å²) in [7, 11) is 1.68. The summed E-state index contributed by atoms with van der Waals surface area (Å²) in [6.07, 6.45) is 0. The maximum Gasteiger partial charge on any atom is 0.233 e. The molecule has 96 valence electrons. The summed E-state index contributed by atoms with van der Waals surface area (Å²) < 4.78 is 0. The number of hydrogen-bond acceptors (Lipinski definition) is 6. The molecule has 0 aliphatic carbocycles. The normalized spacial score (nSPS) is 9.79. The van der Waals surface area contributed by atoms with Crippen molar-refractivity contribution in [2.45, 2.75) is 6.92 Å². The van der Waals surface area contributed by atoms with Crippen LogP contribution in [-0.2, 0) is 0 Å². The summed E-state index contributed by atoms with van der Waals surface area (Å²) >= 11 is 5.79. The molecule has 0 amide bonds. The van der Waals surface area contributed by atoms with Crippen molar-refractivity contribution in [2.75, 3.05) is 17.7 Å². The summed E-state index contributed by atoms with van der Waals surface area (Å²) in [6.45, 7) is 1.86. The van der Waals surface area contributed by atoms with Crippen molar-refractivity contribution < 1.29 is 0 Å². The Morgan fingerprint density at radius 2 is 1.95 bits per heavy atom. The number of nitrogens with one attached hydrogen (secondary N) is 2. The van der Waals surface area contributed by atoms with Crippen molar-refractivity contribution in [1.29, 1.82) is 5.26 Å². The Morgan fingerprint density at radius 1 is 1.21 bits per heavy atom. The molecule has 0 fully saturated rings. The molecule has 7 heteroatoms. The van der Waals surface area contributed by atoms with Crippen LogP contribution in [0, 0.1) is 18.3 Å². The molecule has 0 atom stereocenters. The molecule has 0 bridgehead atoms. The molecular weight excluding hydrogens is 264 g/mol. The largest absolute Gasteiger partial charge is 0.357 e. The molecule has 1 aromatic carbocycles. The van der Waals surface area contributed by atoms with Gasteiger partial charge in [-0.1, -0.05) is 12.1 Å². The number of halogens is 1. The van der Waals surface area contributed by atoms with Crippen LogP contribution in [0.5, 0.6) is 0 Å². The lowest BCUT2D eigenvalue weighted by Gasteiger charge is -2.09. The molecule has 2 rings (SSSR count). The predicted molar refractivity (Wildman–Crippen MR) is 73.6 cm³/mol. The molecule has 2 aromatic rings. The van der Waals surface area contributed by atoms with E-state index in [0.29, 0.717) is 17.2 Å². The first-order valence-electron chi connectivity index (χ1n) is 5.50. The van der Waals surface area contributed by atoms with E-state index in [4.69, 9.17) is 16.9 Å². The van der Waals surface area contributed by atoms with Crippen LogP contribution >= 0.6 is 11.6 Å². The second-order valence-corrected chi connectivity index (χ2v) is 4.07. The second kappa shape index (κ2) is 5.50. The first kappa shape index (κ1) is 13.1. The van der Waals surface area contributed by atoms with E-state index in [1.165, 1.54) is 0 Å². The molecule has 0 aliphatic heterocycles. The maximum atomic E-state index is 9.15. The lowest BCUT2D eigenvalue weighted by atomic mass is 10.1. The van der Waals surface area contributed by atoms with E-state index in [0.717, 1.165) is 5.56 Å². The molecule has 1 aromatic heterocycles. The number of aryl methyl sites for hydroxylation is 1. The number of anilines is 3. The van der Waals surface area contributed by atoms with Gasteiger partial charge >= 0.3 is 0 Å². The van der Waals surface area contributed by atoms with Crippen LogP contribution in [0.4, 0.5) is 17.6 Å². The summed E-state index contributed by atoms with van der Waals surface area (Å²) in [5.41, 5.74) is 2.05. The van der Waals surface area contributed by atoms with E-state index in [2.05, 4.69) is 31.7 Å². The van der Waals surface area contributed by atoms with Crippen LogP contribution in [0.3, 0.4) is 0 Å². The van der Waals surface area contributed by atoms with Crippen LogP contribution in [0.2, 0.25) is 5.28 Å². The summed E-state index contributed by atoms with van der Waals surface area (Å²) in [5, 5.41) is 15.0. The van der Waals surface area contributed by atoms with Gasteiger partial charge in [-0.2, -0.15) is 20.2 Å². The van der Waals surface area contributed by atoms with E-state index >= 15 is 0 Å². The standard InChI is InChI=1S/C12H11ClN6/c1-7-4-3-5-9(8(7)6-14)16-12-18-10(13)17-11(15-2)19-12/h3-5H,1-2H3,(H2,15,16,17,18,19). The van der Waals surface area contributed by atoms with Crippen LogP contribution in [0.25, 0.3) is 0 Å². The minimum atomic E-state index is 0.0769. The van der Waals surface area contributed by atoms with Gasteiger partial charge in [-0.3, -0.25) is 0 Å². The topological polar surface area (TPSA) is 86.5 Å². The number of nitrogens with zero attached hydrogens (tertiary/aromatic N) is 4. The molecule has 0 saturated carbocycles. The Kier molecular flexibility index (Phi) is 3.78. The Bertz CT molecular complexity index is 649. The number of benzene rings is 1. The lowest BCUT2D eigenvalue weighted by Crippen LogP contribution is -2.04. The maximum absolute atomic E-state index is 9.15. The van der Waals surface area contributed by atoms with Gasteiger partial charge < -0.3 is 10.6 Å². The van der Waals surface area contributed by atoms with Crippen LogP contribution in [-0.4, -0.2) is 22.0 Å². The highest BCUT2D eigenvalue weighted by Crippen LogP contribution is 2.22. The molecule has 0 radical (unpaired) electrons. The minimum absolute atomic E-state index is 0.0769. The average Bonchev–Trinajstić information content (AvgIpc) is 2.38. The van der Waals surface area contributed by atoms with Crippen molar-refractivity contribution in [3.63, 3.8) is 0 Å². The van der Waals surface area contributed by atoms with Gasteiger partial charge in [0.15, 0.2) is 0 Å². The Hall–Kier alpha value is -2.39. The Labute approximate surface area is 115 Å². The number of aromatic nitrogens is 3. The van der Waals surface area contributed by atoms with Crippen molar-refractivity contribution in [3.8, 4) is 6.07 Å². The second-order valence-electron chi connectivity index (χ2n) is 3.74. The molecule has 1 heterocycles. The quantitative estimate of drug-likeness (QED) is 0.894. The lowest BCUT2D eigenvalue weighted by molar-refractivity contribution is 1.05. The van der Waals surface area contributed by atoms with Gasteiger partial charge in [0.05, 0.1) is 11.3 Å². The predicted octanol–water partition coefficient (Wildman–Crippen LogP) is 2.49. The van der Waals surface area contributed by atoms with Crippen LogP contribution in [0.15, 0.2) is 18.2 Å². The van der Waals surface area contributed by atoms with E-state index in [1.54, 1.807) is 13.1 Å². The molecule has 0 unspecified atom stereocenters. The number of hydrogen-bond donors (Lipinski definition) is 2. The van der Waals surface area contributed by atoms with Gasteiger partial charge in [-0.25, -0.2) is 0 Å². The molecule has 0 aliphatic rings. The van der Waals surface area contributed by atoms with Gasteiger partial charge in [-0.05, 0) is 30.2 Å². The Balaban J connectivity index is 2.39. The molecule has 6 nitrogen and oxygen atoms in total. The van der Waals surface area contributed by atoms with Crippen molar-refractivity contribution in [1.82, 2.24) is 15.0 Å². The van der Waals surface area contributed by atoms with E-state index in [1.807, 2.05) is 19.1 Å². The summed E-state index contributed by atoms with van der Waals surface area (Å²) in [6, 6.07) is 7.64. The SMILES string of the molecule is CNc1nc(Cl)nc(Nc2cccc(C)c2C#N)n1. The molecule has 19 heavy (non-hydrogen) atoms. The van der Waals surface area contributed by atoms with Crippen molar-refractivity contribution >= 4 is 29.2 Å². The molecular formula is C12H11ClN6. The van der Waals surface area contributed by atoms with Gasteiger partial charge in [0.25, 0.3) is 0 Å². The highest BCUT2D eigenvalue weighted by atomic mass is 35.5. The third-order valence-corrected chi connectivity index (χ3v) is 2.63. The van der Waals surface area contributed by atoms with Gasteiger partial charge in [0, 0.05) is 7.05 Å². The highest BCUT2D eigenvalue weighted by Gasteiger charge is 2.08. The van der Waals surface area contributed by atoms with Gasteiger partial charge in [0.2, 0.25) is 17.2 Å². The number of rotatable bonds is 3. The highest BCUT2D eigenvalue weighted by molar-refractivity contribution is 6.28. The minimum Gasteiger partial charge on any atom is -0.357 e. The van der Waals surface area contributed by atoms with Crippen LogP contribution in [0.1, 0.15) is 11.1 Å². The first-order chi connectivity index (χ1) is 9.13. The van der Waals surface area contributed by atoms with E-state index in [9.17, 15) is 0 Å². The fourth-order valence-electron chi connectivity index (χ4n) is 1.56. The zero-order valence-electron chi connectivity index (χ0n) is 10.4. The summed E-state index contributed by atoms with van der Waals surface area (Å²) in [4.78, 5) is 12.0. The van der Waals surface area contributed by atoms with E-state index in [-0.39, 0.29) is 11.2 Å². The smallest absolute Gasteiger partial charge is 0.233 e. The fourth-order valence-corrected chi connectivity index (χ4v) is 1.72. The first-order valence-corrected chi connectivity index (χ1v) is 5.88. The monoisotopic (exact) mass is 274 g/mol. The third kappa shape index (κ3) is 2.89. The number of nitriles is 1. The van der Waals surface area contributed by atoms with Crippen LogP contribution < -0.4 is 10.6 Å². The molecule has 0 saturated heterocycles. The zero-order chi connectivity index (χ0) is 13.8.